The minimum absolute atomic E-state index is 0.232. The lowest BCUT2D eigenvalue weighted by Gasteiger charge is -2.15. The van der Waals surface area contributed by atoms with Crippen molar-refractivity contribution in [1.29, 1.82) is 0 Å². The number of alkyl halides is 3. The number of nitrogens with zero attached hydrogens (tertiary/aromatic N) is 4. The normalized spacial score (nSPS) is 11.9. The number of carbonyl (C=O) groups is 1. The zero-order chi connectivity index (χ0) is 20.8. The number of hydrogen-bond acceptors (Lipinski definition) is 4. The molecule has 4 rings (SSSR count). The molecule has 0 aliphatic heterocycles. The predicted molar refractivity (Wildman–Crippen MR) is 103 cm³/mol. The molecule has 3 aromatic heterocycles. The van der Waals surface area contributed by atoms with Gasteiger partial charge in [0, 0.05) is 29.9 Å². The molecule has 0 spiro atoms. The Hall–Kier alpha value is -3.14. The second-order valence-electron chi connectivity index (χ2n) is 6.68. The lowest BCUT2D eigenvalue weighted by molar-refractivity contribution is -0.137. The second-order valence-corrected chi connectivity index (χ2v) is 7.52. The van der Waals surface area contributed by atoms with Crippen LogP contribution in [-0.4, -0.2) is 37.4 Å². The van der Waals surface area contributed by atoms with E-state index < -0.39 is 11.7 Å². The van der Waals surface area contributed by atoms with Crippen LogP contribution in [-0.2, 0) is 12.7 Å². The Morgan fingerprint density at radius 3 is 2.79 bits per heavy atom. The highest BCUT2D eigenvalue weighted by Crippen LogP contribution is 2.32. The molecule has 1 amide bonds. The molecule has 1 aromatic carbocycles. The molecule has 0 aliphatic rings. The first-order valence-corrected chi connectivity index (χ1v) is 9.51. The van der Waals surface area contributed by atoms with E-state index in [0.29, 0.717) is 28.5 Å². The van der Waals surface area contributed by atoms with Crippen molar-refractivity contribution in [3.05, 3.63) is 64.6 Å². The molecule has 10 heteroatoms. The van der Waals surface area contributed by atoms with Gasteiger partial charge in [-0.3, -0.25) is 14.3 Å². The molecule has 0 saturated carbocycles. The van der Waals surface area contributed by atoms with Crippen molar-refractivity contribution >= 4 is 22.2 Å². The number of thiazole rings is 1. The molecule has 29 heavy (non-hydrogen) atoms. The number of rotatable bonds is 4. The van der Waals surface area contributed by atoms with E-state index in [0.717, 1.165) is 23.5 Å². The molecular formula is C19H16F3N5OS. The average Bonchev–Trinajstić information content (AvgIpc) is 3.36. The summed E-state index contributed by atoms with van der Waals surface area (Å²) in [5.41, 5.74) is 2.01. The lowest BCUT2D eigenvalue weighted by atomic mass is 10.1. The van der Waals surface area contributed by atoms with E-state index in [2.05, 4.69) is 15.2 Å². The van der Waals surface area contributed by atoms with Crippen LogP contribution < -0.4 is 0 Å². The Kier molecular flexibility index (Phi) is 4.65. The fourth-order valence-electron chi connectivity index (χ4n) is 3.00. The van der Waals surface area contributed by atoms with Crippen molar-refractivity contribution in [2.45, 2.75) is 19.6 Å². The van der Waals surface area contributed by atoms with Gasteiger partial charge in [-0.05, 0) is 25.1 Å². The first kappa shape index (κ1) is 19.2. The van der Waals surface area contributed by atoms with Crippen LogP contribution in [0.3, 0.4) is 0 Å². The number of imidazole rings is 1. The third kappa shape index (κ3) is 3.75. The standard InChI is InChI=1S/C19H16F3N5OS/c1-11-6-14(25-24-11)8-26(2)17(28)16-10-29-18-23-15(9-27(16)18)12-4-3-5-13(7-12)19(20,21)22/h3-7,9-10H,8H2,1-2H3,(H,24,25). The van der Waals surface area contributed by atoms with Gasteiger partial charge in [0.15, 0.2) is 4.96 Å². The molecule has 150 valence electrons. The Balaban J connectivity index is 1.63. The van der Waals surface area contributed by atoms with Gasteiger partial charge in [0.25, 0.3) is 5.91 Å². The fraction of sp³-hybridized carbons (Fsp3) is 0.211. The maximum absolute atomic E-state index is 13.0. The summed E-state index contributed by atoms with van der Waals surface area (Å²) < 4.78 is 40.6. The van der Waals surface area contributed by atoms with Gasteiger partial charge < -0.3 is 4.90 Å². The zero-order valence-corrected chi connectivity index (χ0v) is 16.3. The van der Waals surface area contributed by atoms with E-state index in [-0.39, 0.29) is 5.91 Å². The maximum atomic E-state index is 13.0. The maximum Gasteiger partial charge on any atom is 0.416 e. The molecule has 0 unspecified atom stereocenters. The van der Waals surface area contributed by atoms with Crippen LogP contribution in [0.1, 0.15) is 27.4 Å². The van der Waals surface area contributed by atoms with Crippen LogP contribution >= 0.6 is 11.3 Å². The van der Waals surface area contributed by atoms with Crippen LogP contribution in [0.15, 0.2) is 41.9 Å². The summed E-state index contributed by atoms with van der Waals surface area (Å²) in [4.78, 5) is 19.3. The van der Waals surface area contributed by atoms with Crippen LogP contribution in [0, 0.1) is 6.92 Å². The van der Waals surface area contributed by atoms with Gasteiger partial charge in [-0.2, -0.15) is 18.3 Å². The minimum Gasteiger partial charge on any atom is -0.334 e. The minimum atomic E-state index is -4.43. The molecule has 0 fully saturated rings. The first-order valence-electron chi connectivity index (χ1n) is 8.63. The molecule has 0 aliphatic carbocycles. The fourth-order valence-corrected chi connectivity index (χ4v) is 3.84. The number of halogens is 3. The third-order valence-corrected chi connectivity index (χ3v) is 5.26. The summed E-state index contributed by atoms with van der Waals surface area (Å²) in [5, 5.41) is 8.65. The van der Waals surface area contributed by atoms with Gasteiger partial charge in [0.1, 0.15) is 5.69 Å². The number of carbonyl (C=O) groups excluding carboxylic acids is 1. The highest BCUT2D eigenvalue weighted by atomic mass is 32.1. The molecule has 6 nitrogen and oxygen atoms in total. The molecule has 0 saturated heterocycles. The molecule has 4 aromatic rings. The highest BCUT2D eigenvalue weighted by Gasteiger charge is 2.30. The van der Waals surface area contributed by atoms with Gasteiger partial charge in [0.05, 0.1) is 23.5 Å². The van der Waals surface area contributed by atoms with E-state index in [1.807, 2.05) is 13.0 Å². The number of nitrogens with one attached hydrogen (secondary N) is 1. The van der Waals surface area contributed by atoms with Gasteiger partial charge >= 0.3 is 6.18 Å². The summed E-state index contributed by atoms with van der Waals surface area (Å²) in [7, 11) is 1.67. The number of amides is 1. The van der Waals surface area contributed by atoms with Crippen LogP contribution in [0.25, 0.3) is 16.2 Å². The van der Waals surface area contributed by atoms with Gasteiger partial charge in [-0.25, -0.2) is 4.98 Å². The van der Waals surface area contributed by atoms with E-state index in [1.54, 1.807) is 29.1 Å². The number of aromatic amines is 1. The first-order chi connectivity index (χ1) is 13.7. The van der Waals surface area contributed by atoms with Gasteiger partial charge in [0.2, 0.25) is 0 Å². The summed E-state index contributed by atoms with van der Waals surface area (Å²) in [6.07, 6.45) is -2.84. The zero-order valence-electron chi connectivity index (χ0n) is 15.5. The van der Waals surface area contributed by atoms with E-state index in [4.69, 9.17) is 0 Å². The molecule has 1 N–H and O–H groups in total. The summed E-state index contributed by atoms with van der Waals surface area (Å²) >= 11 is 1.26. The number of aryl methyl sites for hydroxylation is 1. The smallest absolute Gasteiger partial charge is 0.334 e. The number of hydrogen-bond donors (Lipinski definition) is 1. The van der Waals surface area contributed by atoms with E-state index in [9.17, 15) is 18.0 Å². The van der Waals surface area contributed by atoms with Crippen molar-refractivity contribution in [2.75, 3.05) is 7.05 Å². The largest absolute Gasteiger partial charge is 0.416 e. The van der Waals surface area contributed by atoms with Crippen LogP contribution in [0.2, 0.25) is 0 Å². The van der Waals surface area contributed by atoms with Gasteiger partial charge in [-0.1, -0.05) is 12.1 Å². The number of benzene rings is 1. The summed E-state index contributed by atoms with van der Waals surface area (Å²) in [5.74, 6) is -0.232. The topological polar surface area (TPSA) is 66.3 Å². The Morgan fingerprint density at radius 1 is 1.31 bits per heavy atom. The van der Waals surface area contributed by atoms with Crippen molar-refractivity contribution < 1.29 is 18.0 Å². The summed E-state index contributed by atoms with van der Waals surface area (Å²) in [6.45, 7) is 2.21. The average molecular weight is 419 g/mol. The molecule has 0 atom stereocenters. The van der Waals surface area contributed by atoms with Crippen molar-refractivity contribution in [1.82, 2.24) is 24.5 Å². The van der Waals surface area contributed by atoms with Gasteiger partial charge in [-0.15, -0.1) is 11.3 Å². The Labute approximate surface area is 167 Å². The quantitative estimate of drug-likeness (QED) is 0.534. The third-order valence-electron chi connectivity index (χ3n) is 4.42. The molecule has 3 heterocycles. The number of H-pyrrole nitrogens is 1. The molecule has 0 radical (unpaired) electrons. The molecule has 0 bridgehead atoms. The highest BCUT2D eigenvalue weighted by molar-refractivity contribution is 7.15. The van der Waals surface area contributed by atoms with Crippen molar-refractivity contribution in [3.63, 3.8) is 0 Å². The van der Waals surface area contributed by atoms with E-state index in [1.165, 1.54) is 22.3 Å². The number of aromatic nitrogens is 4. The van der Waals surface area contributed by atoms with Crippen LogP contribution in [0.4, 0.5) is 13.2 Å². The lowest BCUT2D eigenvalue weighted by Crippen LogP contribution is -2.27. The van der Waals surface area contributed by atoms with Crippen molar-refractivity contribution in [3.8, 4) is 11.3 Å². The Bertz CT molecular complexity index is 1190. The predicted octanol–water partition coefficient (Wildman–Crippen LogP) is 4.39. The Morgan fingerprint density at radius 2 is 2.10 bits per heavy atom. The van der Waals surface area contributed by atoms with Crippen molar-refractivity contribution in [2.24, 2.45) is 0 Å². The monoisotopic (exact) mass is 419 g/mol. The molecular weight excluding hydrogens is 403 g/mol. The second kappa shape index (κ2) is 7.03. The van der Waals surface area contributed by atoms with E-state index >= 15 is 0 Å². The summed E-state index contributed by atoms with van der Waals surface area (Å²) in [6, 6.07) is 6.84. The SMILES string of the molecule is Cc1cc(CN(C)C(=O)c2csc3nc(-c4cccc(C(F)(F)F)c4)cn23)n[nH]1. The van der Waals surface area contributed by atoms with Crippen LogP contribution in [0.5, 0.6) is 0 Å². The number of fused-ring (bicyclic) bond motifs is 1.